The molecule has 0 atom stereocenters. The Morgan fingerprint density at radius 2 is 2.05 bits per heavy atom. The Morgan fingerprint density at radius 3 is 2.80 bits per heavy atom. The number of nitrogens with zero attached hydrogens (tertiary/aromatic N) is 3. The molecule has 1 aliphatic rings. The SMILES string of the molecule is CN1CCN(c2ccc3nc(CCCN)sc3c2)CC1. The Kier molecular flexibility index (Phi) is 4.19. The molecule has 0 saturated carbocycles. The van der Waals surface area contributed by atoms with Crippen molar-refractivity contribution in [2.75, 3.05) is 44.7 Å². The molecule has 0 unspecified atom stereocenters. The van der Waals surface area contributed by atoms with Crippen LogP contribution in [0.15, 0.2) is 18.2 Å². The molecule has 4 nitrogen and oxygen atoms in total. The number of rotatable bonds is 4. The molecule has 2 aromatic rings. The average Bonchev–Trinajstić information content (AvgIpc) is 2.87. The number of hydrogen-bond donors (Lipinski definition) is 1. The van der Waals surface area contributed by atoms with Crippen molar-refractivity contribution in [1.29, 1.82) is 0 Å². The minimum Gasteiger partial charge on any atom is -0.369 e. The molecule has 0 aliphatic carbocycles. The number of hydrogen-bond acceptors (Lipinski definition) is 5. The molecule has 1 saturated heterocycles. The van der Waals surface area contributed by atoms with E-state index in [1.807, 2.05) is 11.3 Å². The number of aryl methyl sites for hydroxylation is 1. The molecular formula is C15H22N4S. The van der Waals surface area contributed by atoms with E-state index in [0.29, 0.717) is 0 Å². The van der Waals surface area contributed by atoms with Gasteiger partial charge in [0.25, 0.3) is 0 Å². The second kappa shape index (κ2) is 6.08. The van der Waals surface area contributed by atoms with Gasteiger partial charge in [0, 0.05) is 38.3 Å². The fourth-order valence-corrected chi connectivity index (χ4v) is 3.62. The number of anilines is 1. The van der Waals surface area contributed by atoms with E-state index in [4.69, 9.17) is 5.73 Å². The zero-order valence-corrected chi connectivity index (χ0v) is 12.8. The Hall–Kier alpha value is -1.17. The van der Waals surface area contributed by atoms with Gasteiger partial charge in [0.15, 0.2) is 0 Å². The lowest BCUT2D eigenvalue weighted by Crippen LogP contribution is -2.44. The number of nitrogens with two attached hydrogens (primary N) is 1. The van der Waals surface area contributed by atoms with Gasteiger partial charge in [-0.25, -0.2) is 4.98 Å². The van der Waals surface area contributed by atoms with Gasteiger partial charge in [-0.3, -0.25) is 0 Å². The molecule has 20 heavy (non-hydrogen) atoms. The maximum absolute atomic E-state index is 5.57. The maximum atomic E-state index is 5.57. The predicted molar refractivity (Wildman–Crippen MR) is 86.7 cm³/mol. The monoisotopic (exact) mass is 290 g/mol. The number of benzene rings is 1. The normalized spacial score (nSPS) is 17.0. The van der Waals surface area contributed by atoms with Crippen LogP contribution in [0.1, 0.15) is 11.4 Å². The summed E-state index contributed by atoms with van der Waals surface area (Å²) < 4.78 is 1.30. The molecule has 2 heterocycles. The van der Waals surface area contributed by atoms with Crippen LogP contribution in [0.4, 0.5) is 5.69 Å². The lowest BCUT2D eigenvalue weighted by atomic mass is 10.2. The molecule has 0 bridgehead atoms. The smallest absolute Gasteiger partial charge is 0.0939 e. The van der Waals surface area contributed by atoms with Crippen LogP contribution in [0.5, 0.6) is 0 Å². The minimum absolute atomic E-state index is 0.739. The zero-order chi connectivity index (χ0) is 13.9. The molecule has 0 spiro atoms. The summed E-state index contributed by atoms with van der Waals surface area (Å²) in [7, 11) is 2.19. The number of likely N-dealkylation sites (N-methyl/N-ethyl adjacent to an activating group) is 1. The lowest BCUT2D eigenvalue weighted by Gasteiger charge is -2.34. The van der Waals surface area contributed by atoms with Crippen LogP contribution in [0, 0.1) is 0 Å². The molecule has 5 heteroatoms. The summed E-state index contributed by atoms with van der Waals surface area (Å²) in [5.41, 5.74) is 8.03. The van der Waals surface area contributed by atoms with Gasteiger partial charge >= 0.3 is 0 Å². The van der Waals surface area contributed by atoms with Crippen LogP contribution in [0.2, 0.25) is 0 Å². The van der Waals surface area contributed by atoms with E-state index in [1.165, 1.54) is 15.4 Å². The van der Waals surface area contributed by atoms with Gasteiger partial charge in [-0.2, -0.15) is 0 Å². The van der Waals surface area contributed by atoms with Gasteiger partial charge in [0.05, 0.1) is 15.2 Å². The first-order valence-electron chi connectivity index (χ1n) is 7.29. The number of fused-ring (bicyclic) bond motifs is 1. The third-order valence-electron chi connectivity index (χ3n) is 3.88. The molecule has 1 aromatic carbocycles. The molecule has 2 N–H and O–H groups in total. The highest BCUT2D eigenvalue weighted by Gasteiger charge is 2.15. The standard InChI is InChI=1S/C15H22N4S/c1-18-7-9-19(10-8-18)12-4-5-13-14(11-12)20-15(17-13)3-2-6-16/h4-5,11H,2-3,6-10,16H2,1H3. The molecule has 3 rings (SSSR count). The molecular weight excluding hydrogens is 268 g/mol. The van der Waals surface area contributed by atoms with Crippen molar-refractivity contribution in [1.82, 2.24) is 9.88 Å². The third-order valence-corrected chi connectivity index (χ3v) is 4.96. The van der Waals surface area contributed by atoms with Gasteiger partial charge in [-0.1, -0.05) is 0 Å². The summed E-state index contributed by atoms with van der Waals surface area (Å²) in [6, 6.07) is 6.66. The molecule has 1 aliphatic heterocycles. The first kappa shape index (κ1) is 13.8. The van der Waals surface area contributed by atoms with Crippen molar-refractivity contribution < 1.29 is 0 Å². The van der Waals surface area contributed by atoms with Crippen LogP contribution in [0.3, 0.4) is 0 Å². The van der Waals surface area contributed by atoms with Crippen LogP contribution in [0.25, 0.3) is 10.2 Å². The predicted octanol–water partition coefficient (Wildman–Crippen LogP) is 1.94. The second-order valence-corrected chi connectivity index (χ2v) is 6.56. The molecule has 1 aromatic heterocycles. The van der Waals surface area contributed by atoms with Crippen LogP contribution >= 0.6 is 11.3 Å². The van der Waals surface area contributed by atoms with E-state index in [-0.39, 0.29) is 0 Å². The number of thiazole rings is 1. The van der Waals surface area contributed by atoms with E-state index in [0.717, 1.165) is 51.1 Å². The quantitative estimate of drug-likeness (QED) is 0.935. The van der Waals surface area contributed by atoms with E-state index in [1.54, 1.807) is 0 Å². The van der Waals surface area contributed by atoms with Gasteiger partial charge in [-0.05, 0) is 38.2 Å². The van der Waals surface area contributed by atoms with E-state index in [2.05, 4.69) is 40.0 Å². The average molecular weight is 290 g/mol. The Morgan fingerprint density at radius 1 is 1.25 bits per heavy atom. The van der Waals surface area contributed by atoms with Gasteiger partial charge in [0.2, 0.25) is 0 Å². The molecule has 0 radical (unpaired) electrons. The van der Waals surface area contributed by atoms with Crippen molar-refractivity contribution >= 4 is 27.2 Å². The van der Waals surface area contributed by atoms with Crippen LogP contribution in [-0.4, -0.2) is 49.7 Å². The summed E-state index contributed by atoms with van der Waals surface area (Å²) in [5, 5.41) is 1.21. The van der Waals surface area contributed by atoms with Gasteiger partial charge in [0.1, 0.15) is 0 Å². The highest BCUT2D eigenvalue weighted by Crippen LogP contribution is 2.28. The van der Waals surface area contributed by atoms with Gasteiger partial charge in [-0.15, -0.1) is 11.3 Å². The fraction of sp³-hybridized carbons (Fsp3) is 0.533. The highest BCUT2D eigenvalue weighted by atomic mass is 32.1. The highest BCUT2D eigenvalue weighted by molar-refractivity contribution is 7.18. The topological polar surface area (TPSA) is 45.4 Å². The first-order valence-corrected chi connectivity index (χ1v) is 8.11. The number of piperazine rings is 1. The largest absolute Gasteiger partial charge is 0.369 e. The van der Waals surface area contributed by atoms with E-state index in [9.17, 15) is 0 Å². The maximum Gasteiger partial charge on any atom is 0.0939 e. The van der Waals surface area contributed by atoms with Crippen molar-refractivity contribution in [3.05, 3.63) is 23.2 Å². The Bertz CT molecular complexity index is 572. The summed E-state index contributed by atoms with van der Waals surface area (Å²) in [6.07, 6.45) is 2.02. The van der Waals surface area contributed by atoms with E-state index >= 15 is 0 Å². The zero-order valence-electron chi connectivity index (χ0n) is 12.0. The Balaban J connectivity index is 1.79. The summed E-state index contributed by atoms with van der Waals surface area (Å²) in [6.45, 7) is 5.25. The van der Waals surface area contributed by atoms with Crippen molar-refractivity contribution in [3.63, 3.8) is 0 Å². The Labute approximate surface area is 124 Å². The van der Waals surface area contributed by atoms with Crippen molar-refractivity contribution in [3.8, 4) is 0 Å². The first-order chi connectivity index (χ1) is 9.76. The molecule has 108 valence electrons. The van der Waals surface area contributed by atoms with Crippen LogP contribution in [-0.2, 0) is 6.42 Å². The summed E-state index contributed by atoms with van der Waals surface area (Å²) >= 11 is 1.81. The fourth-order valence-electron chi connectivity index (χ4n) is 2.58. The van der Waals surface area contributed by atoms with Gasteiger partial charge < -0.3 is 15.5 Å². The number of aromatic nitrogens is 1. The minimum atomic E-state index is 0.739. The lowest BCUT2D eigenvalue weighted by molar-refractivity contribution is 0.313. The third kappa shape index (κ3) is 2.95. The van der Waals surface area contributed by atoms with E-state index < -0.39 is 0 Å². The summed E-state index contributed by atoms with van der Waals surface area (Å²) in [5.74, 6) is 0. The van der Waals surface area contributed by atoms with Crippen molar-refractivity contribution in [2.24, 2.45) is 5.73 Å². The summed E-state index contributed by atoms with van der Waals surface area (Å²) in [4.78, 5) is 9.54. The molecule has 1 fully saturated rings. The van der Waals surface area contributed by atoms with Crippen molar-refractivity contribution in [2.45, 2.75) is 12.8 Å². The molecule has 0 amide bonds. The second-order valence-electron chi connectivity index (χ2n) is 5.44. The van der Waals surface area contributed by atoms with Crippen LogP contribution < -0.4 is 10.6 Å².